The zero-order valence-electron chi connectivity index (χ0n) is 13.1. The molecule has 0 atom stereocenters. The van der Waals surface area contributed by atoms with Gasteiger partial charge in [0, 0.05) is 0 Å². The highest BCUT2D eigenvalue weighted by Crippen LogP contribution is 2.36. The van der Waals surface area contributed by atoms with Gasteiger partial charge in [-0.05, 0) is 71.7 Å². The van der Waals surface area contributed by atoms with Crippen LogP contribution in [0.5, 0.6) is 11.5 Å². The van der Waals surface area contributed by atoms with Crippen LogP contribution >= 0.6 is 15.9 Å². The van der Waals surface area contributed by atoms with Crippen molar-refractivity contribution in [3.05, 3.63) is 52.3 Å². The first-order valence-corrected chi connectivity index (χ1v) is 7.87. The van der Waals surface area contributed by atoms with Gasteiger partial charge in [-0.3, -0.25) is 5.43 Å². The largest absolute Gasteiger partial charge is 0.493 e. The number of benzene rings is 2. The summed E-state index contributed by atoms with van der Waals surface area (Å²) in [4.78, 5) is 0. The lowest BCUT2D eigenvalue weighted by atomic mass is 10.2. The lowest BCUT2D eigenvalue weighted by molar-refractivity contribution is 0.228. The second-order valence-electron chi connectivity index (χ2n) is 5.08. The number of hydrogen-bond acceptors (Lipinski definition) is 4. The van der Waals surface area contributed by atoms with Gasteiger partial charge >= 0.3 is 0 Å². The number of rotatable bonds is 6. The van der Waals surface area contributed by atoms with Crippen molar-refractivity contribution in [1.29, 1.82) is 0 Å². The van der Waals surface area contributed by atoms with Crippen molar-refractivity contribution in [2.24, 2.45) is 5.10 Å². The molecule has 0 amide bonds. The van der Waals surface area contributed by atoms with Crippen molar-refractivity contribution < 1.29 is 13.9 Å². The van der Waals surface area contributed by atoms with E-state index in [9.17, 15) is 4.39 Å². The van der Waals surface area contributed by atoms with Gasteiger partial charge in [-0.2, -0.15) is 5.10 Å². The first-order chi connectivity index (χ1) is 11.0. The van der Waals surface area contributed by atoms with Crippen molar-refractivity contribution in [3.8, 4) is 11.5 Å². The highest BCUT2D eigenvalue weighted by Gasteiger charge is 2.12. The molecule has 2 aromatic rings. The predicted molar refractivity (Wildman–Crippen MR) is 94.1 cm³/mol. The number of nitrogens with zero attached hydrogens (tertiary/aromatic N) is 1. The standard InChI is InChI=1S/C17H18BrFN2O2/c1-11(2)23-17-15(18)8-12(9-16(17)22-3)10-20-21-14-6-4-13(19)5-7-14/h4-11,21H,1-3H3/b20-10+. The summed E-state index contributed by atoms with van der Waals surface area (Å²) in [7, 11) is 1.59. The molecular weight excluding hydrogens is 363 g/mol. The normalized spacial score (nSPS) is 11.0. The van der Waals surface area contributed by atoms with Crippen LogP contribution in [0.2, 0.25) is 0 Å². The molecule has 0 aliphatic rings. The van der Waals surface area contributed by atoms with E-state index in [4.69, 9.17) is 9.47 Å². The van der Waals surface area contributed by atoms with Gasteiger partial charge in [0.25, 0.3) is 0 Å². The SMILES string of the molecule is COc1cc(/C=N/Nc2ccc(F)cc2)cc(Br)c1OC(C)C. The fraction of sp³-hybridized carbons (Fsp3) is 0.235. The molecule has 6 heteroatoms. The van der Waals surface area contributed by atoms with E-state index in [1.807, 2.05) is 26.0 Å². The number of ether oxygens (including phenoxy) is 2. The molecule has 2 rings (SSSR count). The van der Waals surface area contributed by atoms with Crippen LogP contribution in [0.25, 0.3) is 0 Å². The van der Waals surface area contributed by atoms with Gasteiger partial charge in [-0.25, -0.2) is 4.39 Å². The van der Waals surface area contributed by atoms with Crippen molar-refractivity contribution in [1.82, 2.24) is 0 Å². The van der Waals surface area contributed by atoms with Gasteiger partial charge in [0.1, 0.15) is 5.82 Å². The summed E-state index contributed by atoms with van der Waals surface area (Å²) in [6, 6.07) is 9.69. The molecule has 0 saturated carbocycles. The fourth-order valence-electron chi connectivity index (χ4n) is 1.87. The number of anilines is 1. The Bertz CT molecular complexity index is 688. The van der Waals surface area contributed by atoms with Crippen molar-refractivity contribution >= 4 is 27.8 Å². The topological polar surface area (TPSA) is 42.8 Å². The fourth-order valence-corrected chi connectivity index (χ4v) is 2.42. The first kappa shape index (κ1) is 17.3. The van der Waals surface area contributed by atoms with Crippen LogP contribution in [0.4, 0.5) is 10.1 Å². The van der Waals surface area contributed by atoms with Gasteiger partial charge in [0.15, 0.2) is 11.5 Å². The maximum Gasteiger partial charge on any atom is 0.175 e. The third kappa shape index (κ3) is 4.96. The third-order valence-electron chi connectivity index (χ3n) is 2.86. The van der Waals surface area contributed by atoms with Gasteiger partial charge in [-0.15, -0.1) is 0 Å². The summed E-state index contributed by atoms with van der Waals surface area (Å²) in [5.41, 5.74) is 4.37. The summed E-state index contributed by atoms with van der Waals surface area (Å²) < 4.78 is 24.7. The summed E-state index contributed by atoms with van der Waals surface area (Å²) in [5, 5.41) is 4.13. The summed E-state index contributed by atoms with van der Waals surface area (Å²) in [5.74, 6) is 0.997. The summed E-state index contributed by atoms with van der Waals surface area (Å²) >= 11 is 3.48. The maximum absolute atomic E-state index is 12.8. The highest BCUT2D eigenvalue weighted by atomic mass is 79.9. The molecule has 0 unspecified atom stereocenters. The lowest BCUT2D eigenvalue weighted by Crippen LogP contribution is -2.07. The Labute approximate surface area is 143 Å². The molecule has 4 nitrogen and oxygen atoms in total. The Hall–Kier alpha value is -2.08. The Kier molecular flexibility index (Phi) is 5.98. The second kappa shape index (κ2) is 7.97. The number of hydrazone groups is 1. The average molecular weight is 381 g/mol. The molecule has 0 spiro atoms. The highest BCUT2D eigenvalue weighted by molar-refractivity contribution is 9.10. The Morgan fingerprint density at radius 1 is 1.22 bits per heavy atom. The van der Waals surface area contributed by atoms with Crippen molar-refractivity contribution in [2.75, 3.05) is 12.5 Å². The molecule has 0 aromatic heterocycles. The van der Waals surface area contributed by atoms with E-state index in [0.717, 1.165) is 10.0 Å². The quantitative estimate of drug-likeness (QED) is 0.576. The average Bonchev–Trinajstić information content (AvgIpc) is 2.51. The molecule has 2 aromatic carbocycles. The minimum Gasteiger partial charge on any atom is -0.493 e. The van der Waals surface area contributed by atoms with Gasteiger partial charge in [0.05, 0.1) is 29.6 Å². The zero-order valence-corrected chi connectivity index (χ0v) is 14.7. The van der Waals surface area contributed by atoms with Gasteiger partial charge in [-0.1, -0.05) is 0 Å². The van der Waals surface area contributed by atoms with Crippen LogP contribution < -0.4 is 14.9 Å². The van der Waals surface area contributed by atoms with E-state index in [2.05, 4.69) is 26.5 Å². The van der Waals surface area contributed by atoms with Gasteiger partial charge < -0.3 is 9.47 Å². The van der Waals surface area contributed by atoms with Crippen LogP contribution in [0, 0.1) is 5.82 Å². The Balaban J connectivity index is 2.15. The molecule has 0 heterocycles. The lowest BCUT2D eigenvalue weighted by Gasteiger charge is -2.15. The second-order valence-corrected chi connectivity index (χ2v) is 5.93. The maximum atomic E-state index is 12.8. The van der Waals surface area contributed by atoms with E-state index in [0.29, 0.717) is 17.2 Å². The van der Waals surface area contributed by atoms with E-state index < -0.39 is 0 Å². The number of nitrogens with one attached hydrogen (secondary N) is 1. The molecule has 0 fully saturated rings. The number of halogens is 2. The number of hydrogen-bond donors (Lipinski definition) is 1. The smallest absolute Gasteiger partial charge is 0.175 e. The molecule has 122 valence electrons. The molecule has 1 N–H and O–H groups in total. The molecule has 0 radical (unpaired) electrons. The van der Waals surface area contributed by atoms with Crippen LogP contribution in [-0.2, 0) is 0 Å². The van der Waals surface area contributed by atoms with E-state index in [1.165, 1.54) is 12.1 Å². The predicted octanol–water partition coefficient (Wildman–Crippen LogP) is 4.83. The van der Waals surface area contributed by atoms with Crippen molar-refractivity contribution in [3.63, 3.8) is 0 Å². The van der Waals surface area contributed by atoms with Crippen LogP contribution in [0.3, 0.4) is 0 Å². The van der Waals surface area contributed by atoms with E-state index >= 15 is 0 Å². The molecule has 0 aliphatic carbocycles. The van der Waals surface area contributed by atoms with Crippen LogP contribution in [-0.4, -0.2) is 19.4 Å². The first-order valence-electron chi connectivity index (χ1n) is 7.08. The molecule has 0 bridgehead atoms. The van der Waals surface area contributed by atoms with Crippen LogP contribution in [0.1, 0.15) is 19.4 Å². The van der Waals surface area contributed by atoms with Gasteiger partial charge in [0.2, 0.25) is 0 Å². The minimum absolute atomic E-state index is 0.0415. The van der Waals surface area contributed by atoms with E-state index in [-0.39, 0.29) is 11.9 Å². The number of methoxy groups -OCH3 is 1. The molecule has 23 heavy (non-hydrogen) atoms. The Morgan fingerprint density at radius 3 is 2.52 bits per heavy atom. The van der Waals surface area contributed by atoms with Crippen molar-refractivity contribution in [2.45, 2.75) is 20.0 Å². The third-order valence-corrected chi connectivity index (χ3v) is 3.45. The molecule has 0 aliphatic heterocycles. The Morgan fingerprint density at radius 2 is 1.91 bits per heavy atom. The zero-order chi connectivity index (χ0) is 16.8. The van der Waals surface area contributed by atoms with E-state index in [1.54, 1.807) is 25.5 Å². The molecular formula is C17H18BrFN2O2. The summed E-state index contributed by atoms with van der Waals surface area (Å²) in [6.45, 7) is 3.90. The van der Waals surface area contributed by atoms with Crippen LogP contribution in [0.15, 0.2) is 46.0 Å². The summed E-state index contributed by atoms with van der Waals surface area (Å²) in [6.07, 6.45) is 1.69. The minimum atomic E-state index is -0.283. The molecule has 0 saturated heterocycles. The monoisotopic (exact) mass is 380 g/mol.